The van der Waals surface area contributed by atoms with Crippen molar-refractivity contribution in [1.82, 2.24) is 25.0 Å². The molecule has 0 amide bonds. The summed E-state index contributed by atoms with van der Waals surface area (Å²) in [6.45, 7) is 3.93. The van der Waals surface area contributed by atoms with Gasteiger partial charge in [-0.2, -0.15) is 0 Å². The number of aromatic nitrogens is 5. The lowest BCUT2D eigenvalue weighted by molar-refractivity contribution is 0.0257. The van der Waals surface area contributed by atoms with Crippen LogP contribution in [-0.4, -0.2) is 44.0 Å². The molecule has 3 heterocycles. The molecule has 1 aromatic carbocycles. The van der Waals surface area contributed by atoms with Crippen LogP contribution in [0.1, 0.15) is 50.5 Å². The Hall–Kier alpha value is -2.35. The monoisotopic (exact) mass is 420 g/mol. The minimum atomic E-state index is -2.72. The molecule has 0 aliphatic carbocycles. The summed E-state index contributed by atoms with van der Waals surface area (Å²) in [6.07, 6.45) is 2.40. The second-order valence-corrected chi connectivity index (χ2v) is 7.91. The average Bonchev–Trinajstić information content (AvgIpc) is 3.28. The number of anilines is 1. The summed E-state index contributed by atoms with van der Waals surface area (Å²) in [6, 6.07) is 7.33. The number of fused-ring (bicyclic) bond motifs is 1. The van der Waals surface area contributed by atoms with E-state index in [-0.39, 0.29) is 25.6 Å². The van der Waals surface area contributed by atoms with Crippen LogP contribution >= 0.6 is 11.6 Å². The number of hydrogen-bond acceptors (Lipinski definition) is 5. The van der Waals surface area contributed by atoms with Crippen LogP contribution in [-0.2, 0) is 6.42 Å². The summed E-state index contributed by atoms with van der Waals surface area (Å²) >= 11 is 6.37. The maximum Gasteiger partial charge on any atom is 0.266 e. The highest BCUT2D eigenvalue weighted by Crippen LogP contribution is 2.34. The molecule has 0 N–H and O–H groups in total. The summed E-state index contributed by atoms with van der Waals surface area (Å²) in [4.78, 5) is 10.9. The quantitative estimate of drug-likeness (QED) is 0.579. The molecule has 1 saturated heterocycles. The third kappa shape index (κ3) is 3.90. The Morgan fingerprint density at radius 2 is 2.03 bits per heavy atom. The van der Waals surface area contributed by atoms with Crippen molar-refractivity contribution >= 4 is 28.6 Å². The Morgan fingerprint density at radius 1 is 1.24 bits per heavy atom. The molecule has 1 atom stereocenters. The molecule has 1 fully saturated rings. The van der Waals surface area contributed by atoms with Crippen LogP contribution in [0.15, 0.2) is 24.3 Å². The molecular formula is C20H23ClF2N6. The summed E-state index contributed by atoms with van der Waals surface area (Å²) < 4.78 is 29.4. The van der Waals surface area contributed by atoms with Gasteiger partial charge in [0.2, 0.25) is 0 Å². The van der Waals surface area contributed by atoms with Gasteiger partial charge in [0.25, 0.3) is 5.92 Å². The standard InChI is InChI=1S/C20H23ClF2N6/c1-3-4-9-16-24-18(28-11-10-20(22,23)12-28)17-19(25-16)29(27-26-17)13(2)14-7-5-6-8-15(14)21/h5-8,13H,3-4,9-12H2,1-2H3/t13-/m1/s1. The third-order valence-corrected chi connectivity index (χ3v) is 5.64. The van der Waals surface area contributed by atoms with Crippen molar-refractivity contribution in [2.45, 2.75) is 51.5 Å². The summed E-state index contributed by atoms with van der Waals surface area (Å²) in [5.41, 5.74) is 1.88. The van der Waals surface area contributed by atoms with Crippen LogP contribution in [0.2, 0.25) is 5.02 Å². The lowest BCUT2D eigenvalue weighted by Crippen LogP contribution is -2.26. The van der Waals surface area contributed by atoms with E-state index >= 15 is 0 Å². The molecule has 4 rings (SSSR count). The van der Waals surface area contributed by atoms with E-state index < -0.39 is 5.92 Å². The fourth-order valence-corrected chi connectivity index (χ4v) is 3.94. The molecule has 0 radical (unpaired) electrons. The first kappa shape index (κ1) is 19.9. The topological polar surface area (TPSA) is 59.7 Å². The largest absolute Gasteiger partial charge is 0.348 e. The van der Waals surface area contributed by atoms with Gasteiger partial charge in [0.1, 0.15) is 5.82 Å². The fourth-order valence-electron chi connectivity index (χ4n) is 3.65. The molecule has 9 heteroatoms. The Kier molecular flexibility index (Phi) is 5.38. The van der Waals surface area contributed by atoms with Crippen LogP contribution < -0.4 is 4.90 Å². The first-order valence-electron chi connectivity index (χ1n) is 9.88. The number of aryl methyl sites for hydroxylation is 1. The molecular weight excluding hydrogens is 398 g/mol. The van der Waals surface area contributed by atoms with Gasteiger partial charge in [-0.25, -0.2) is 23.4 Å². The molecule has 1 aliphatic rings. The van der Waals surface area contributed by atoms with Crippen LogP contribution in [0.4, 0.5) is 14.6 Å². The minimum absolute atomic E-state index is 0.188. The van der Waals surface area contributed by atoms with Crippen molar-refractivity contribution in [3.63, 3.8) is 0 Å². The molecule has 0 unspecified atom stereocenters. The molecule has 0 spiro atoms. The zero-order chi connectivity index (χ0) is 20.6. The predicted molar refractivity (Wildman–Crippen MR) is 109 cm³/mol. The van der Waals surface area contributed by atoms with E-state index in [1.54, 1.807) is 9.58 Å². The zero-order valence-electron chi connectivity index (χ0n) is 16.4. The summed E-state index contributed by atoms with van der Waals surface area (Å²) in [7, 11) is 0. The van der Waals surface area contributed by atoms with Gasteiger partial charge in [-0.05, 0) is 25.0 Å². The Bertz CT molecular complexity index is 1020. The number of halogens is 3. The average molecular weight is 421 g/mol. The van der Waals surface area contributed by atoms with E-state index in [1.165, 1.54) is 0 Å². The maximum atomic E-state index is 13.8. The molecule has 6 nitrogen and oxygen atoms in total. The van der Waals surface area contributed by atoms with E-state index in [2.05, 4.69) is 27.2 Å². The lowest BCUT2D eigenvalue weighted by atomic mass is 10.1. The normalized spacial score (nSPS) is 17.2. The van der Waals surface area contributed by atoms with Gasteiger partial charge in [-0.1, -0.05) is 48.4 Å². The molecule has 0 saturated carbocycles. The van der Waals surface area contributed by atoms with E-state index in [9.17, 15) is 8.78 Å². The highest BCUT2D eigenvalue weighted by molar-refractivity contribution is 6.31. The van der Waals surface area contributed by atoms with E-state index in [4.69, 9.17) is 11.6 Å². The first-order valence-corrected chi connectivity index (χ1v) is 10.3. The van der Waals surface area contributed by atoms with Crippen LogP contribution in [0.25, 0.3) is 11.2 Å². The highest BCUT2D eigenvalue weighted by atomic mass is 35.5. The maximum absolute atomic E-state index is 13.8. The van der Waals surface area contributed by atoms with Crippen LogP contribution in [0, 0.1) is 0 Å². The highest BCUT2D eigenvalue weighted by Gasteiger charge is 2.40. The molecule has 3 aromatic rings. The van der Waals surface area contributed by atoms with Crippen molar-refractivity contribution < 1.29 is 8.78 Å². The number of hydrogen-bond donors (Lipinski definition) is 0. The van der Waals surface area contributed by atoms with E-state index in [0.717, 1.165) is 18.4 Å². The number of alkyl halides is 2. The predicted octanol–water partition coefficient (Wildman–Crippen LogP) is 4.67. The van der Waals surface area contributed by atoms with Gasteiger partial charge in [0.05, 0.1) is 12.6 Å². The fraction of sp³-hybridized carbons (Fsp3) is 0.500. The second-order valence-electron chi connectivity index (χ2n) is 7.50. The van der Waals surface area contributed by atoms with Crippen molar-refractivity contribution in [3.05, 3.63) is 40.7 Å². The van der Waals surface area contributed by atoms with Crippen LogP contribution in [0.3, 0.4) is 0 Å². The van der Waals surface area contributed by atoms with E-state index in [0.29, 0.717) is 34.2 Å². The number of benzene rings is 1. The lowest BCUT2D eigenvalue weighted by Gasteiger charge is -2.18. The van der Waals surface area contributed by atoms with Gasteiger partial charge < -0.3 is 4.90 Å². The van der Waals surface area contributed by atoms with E-state index in [1.807, 2.05) is 31.2 Å². The molecule has 154 valence electrons. The smallest absolute Gasteiger partial charge is 0.266 e. The first-order chi connectivity index (χ1) is 13.9. The Balaban J connectivity index is 1.81. The molecule has 2 aromatic heterocycles. The Labute approximate surface area is 172 Å². The molecule has 0 bridgehead atoms. The van der Waals surface area contributed by atoms with Gasteiger partial charge in [-0.3, -0.25) is 0 Å². The van der Waals surface area contributed by atoms with Crippen LogP contribution in [0.5, 0.6) is 0 Å². The molecule has 1 aliphatic heterocycles. The van der Waals surface area contributed by atoms with Gasteiger partial charge in [0, 0.05) is 24.4 Å². The number of nitrogens with zero attached hydrogens (tertiary/aromatic N) is 6. The third-order valence-electron chi connectivity index (χ3n) is 5.30. The summed E-state index contributed by atoms with van der Waals surface area (Å²) in [5.74, 6) is -1.66. The number of unbranched alkanes of at least 4 members (excludes halogenated alkanes) is 1. The number of rotatable bonds is 6. The van der Waals surface area contributed by atoms with Crippen molar-refractivity contribution in [2.75, 3.05) is 18.0 Å². The van der Waals surface area contributed by atoms with Gasteiger partial charge >= 0.3 is 0 Å². The van der Waals surface area contributed by atoms with Crippen molar-refractivity contribution in [2.24, 2.45) is 0 Å². The molecule has 29 heavy (non-hydrogen) atoms. The Morgan fingerprint density at radius 3 is 2.72 bits per heavy atom. The van der Waals surface area contributed by atoms with Gasteiger partial charge in [-0.15, -0.1) is 5.10 Å². The minimum Gasteiger partial charge on any atom is -0.348 e. The second kappa shape index (κ2) is 7.82. The van der Waals surface area contributed by atoms with Crippen molar-refractivity contribution in [3.8, 4) is 0 Å². The van der Waals surface area contributed by atoms with Crippen molar-refractivity contribution in [1.29, 1.82) is 0 Å². The zero-order valence-corrected chi connectivity index (χ0v) is 17.2. The van der Waals surface area contributed by atoms with Gasteiger partial charge in [0.15, 0.2) is 17.0 Å². The summed E-state index contributed by atoms with van der Waals surface area (Å²) in [5, 5.41) is 9.19. The SMILES string of the molecule is CCCCc1nc(N2CCC(F)(F)C2)c2nnn([C@H](C)c3ccccc3Cl)c2n1.